The van der Waals surface area contributed by atoms with Gasteiger partial charge in [-0.1, -0.05) is 74.2 Å². The number of carbonyl (C=O) groups excluding carboxylic acids is 1. The topological polar surface area (TPSA) is 46.9 Å². The Bertz CT molecular complexity index is 1070. The molecule has 2 aromatic carbocycles. The first-order chi connectivity index (χ1) is 15.9. The maximum absolute atomic E-state index is 13.2. The Labute approximate surface area is 196 Å². The average Bonchev–Trinajstić information content (AvgIpc) is 3.11. The first kappa shape index (κ1) is 23.7. The van der Waals surface area contributed by atoms with Crippen molar-refractivity contribution in [1.82, 2.24) is 14.9 Å². The van der Waals surface area contributed by atoms with E-state index in [4.69, 9.17) is 0 Å². The van der Waals surface area contributed by atoms with Crippen LogP contribution in [0.15, 0.2) is 53.7 Å². The number of benzene rings is 2. The van der Waals surface area contributed by atoms with Crippen LogP contribution < -0.4 is 5.32 Å². The second-order valence-electron chi connectivity index (χ2n) is 8.57. The van der Waals surface area contributed by atoms with E-state index in [0.29, 0.717) is 17.2 Å². The van der Waals surface area contributed by atoms with Crippen LogP contribution in [0.1, 0.15) is 56.1 Å². The molecule has 0 saturated heterocycles. The van der Waals surface area contributed by atoms with Crippen molar-refractivity contribution >= 4 is 28.7 Å². The Morgan fingerprint density at radius 1 is 1.03 bits per heavy atom. The molecule has 1 N–H and O–H groups in total. The highest BCUT2D eigenvalue weighted by Gasteiger charge is 2.31. The summed E-state index contributed by atoms with van der Waals surface area (Å²) in [6.45, 7) is 0.468. The highest BCUT2D eigenvalue weighted by molar-refractivity contribution is 7.99. The Morgan fingerprint density at radius 2 is 1.73 bits per heavy atom. The summed E-state index contributed by atoms with van der Waals surface area (Å²) in [7, 11) is 0. The molecule has 0 spiro atoms. The summed E-state index contributed by atoms with van der Waals surface area (Å²) in [6.07, 6.45) is 3.53. The van der Waals surface area contributed by atoms with Crippen LogP contribution in [0.4, 0.5) is 13.2 Å². The first-order valence-electron chi connectivity index (χ1n) is 11.4. The second-order valence-corrected chi connectivity index (χ2v) is 9.51. The molecule has 1 fully saturated rings. The zero-order chi connectivity index (χ0) is 23.3. The molecule has 0 bridgehead atoms. The Kier molecular flexibility index (Phi) is 7.63. The largest absolute Gasteiger partial charge is 0.416 e. The smallest absolute Gasteiger partial charge is 0.353 e. The third-order valence-corrected chi connectivity index (χ3v) is 7.00. The first-order valence-corrected chi connectivity index (χ1v) is 12.4. The van der Waals surface area contributed by atoms with Gasteiger partial charge >= 0.3 is 6.18 Å². The fourth-order valence-corrected chi connectivity index (χ4v) is 5.14. The number of halogens is 3. The standard InChI is InChI=1S/C25H28F3N3OS/c26-25(27,28)19-13-14-22-21(15-19)30-24(31(22)16-18-9-5-4-6-10-18)33-17-23(32)29-20-11-7-2-1-3-8-12-20/h4-6,9-10,13-15,20H,1-3,7-8,11-12,16-17H2,(H,29,32). The van der Waals surface area contributed by atoms with Gasteiger partial charge in [0, 0.05) is 6.04 Å². The van der Waals surface area contributed by atoms with Crippen molar-refractivity contribution in [3.8, 4) is 0 Å². The third kappa shape index (κ3) is 6.31. The van der Waals surface area contributed by atoms with Crippen molar-refractivity contribution in [2.45, 2.75) is 68.9 Å². The lowest BCUT2D eigenvalue weighted by Gasteiger charge is -2.21. The van der Waals surface area contributed by atoms with E-state index in [2.05, 4.69) is 10.3 Å². The molecule has 0 atom stereocenters. The van der Waals surface area contributed by atoms with Crippen molar-refractivity contribution in [3.05, 3.63) is 59.7 Å². The number of hydrogen-bond acceptors (Lipinski definition) is 3. The molecular weight excluding hydrogens is 447 g/mol. The number of rotatable bonds is 6. The fraction of sp³-hybridized carbons (Fsp3) is 0.440. The maximum atomic E-state index is 13.2. The van der Waals surface area contributed by atoms with Crippen LogP contribution in [-0.2, 0) is 17.5 Å². The van der Waals surface area contributed by atoms with Crippen LogP contribution in [0.3, 0.4) is 0 Å². The molecule has 1 amide bonds. The zero-order valence-corrected chi connectivity index (χ0v) is 19.2. The summed E-state index contributed by atoms with van der Waals surface area (Å²) in [6, 6.07) is 13.5. The van der Waals surface area contributed by atoms with Gasteiger partial charge in [0.2, 0.25) is 5.91 Å². The number of nitrogens with one attached hydrogen (secondary N) is 1. The van der Waals surface area contributed by atoms with Crippen molar-refractivity contribution in [2.75, 3.05) is 5.75 Å². The highest BCUT2D eigenvalue weighted by atomic mass is 32.2. The molecule has 0 radical (unpaired) electrons. The number of imidazole rings is 1. The van der Waals surface area contributed by atoms with E-state index in [9.17, 15) is 18.0 Å². The zero-order valence-electron chi connectivity index (χ0n) is 18.4. The van der Waals surface area contributed by atoms with E-state index < -0.39 is 11.7 Å². The van der Waals surface area contributed by atoms with Crippen molar-refractivity contribution in [3.63, 3.8) is 0 Å². The summed E-state index contributed by atoms with van der Waals surface area (Å²) in [5.74, 6) is 0.126. The number of fused-ring (bicyclic) bond motifs is 1. The Hall–Kier alpha value is -2.48. The molecule has 1 aliphatic carbocycles. The summed E-state index contributed by atoms with van der Waals surface area (Å²) in [5, 5.41) is 3.69. The number of thioether (sulfide) groups is 1. The highest BCUT2D eigenvalue weighted by Crippen LogP contribution is 2.33. The third-order valence-electron chi connectivity index (χ3n) is 6.03. The molecule has 33 heavy (non-hydrogen) atoms. The van der Waals surface area contributed by atoms with E-state index in [1.54, 1.807) is 0 Å². The summed E-state index contributed by atoms with van der Waals surface area (Å²) < 4.78 is 41.5. The van der Waals surface area contributed by atoms with Crippen LogP contribution in [0.25, 0.3) is 11.0 Å². The Morgan fingerprint density at radius 3 is 2.42 bits per heavy atom. The average molecular weight is 476 g/mol. The number of amides is 1. The Balaban J connectivity index is 1.53. The van der Waals surface area contributed by atoms with E-state index in [0.717, 1.165) is 43.4 Å². The quantitative estimate of drug-likeness (QED) is 0.418. The maximum Gasteiger partial charge on any atom is 0.416 e. The molecule has 176 valence electrons. The number of alkyl halides is 3. The van der Waals surface area contributed by atoms with Crippen LogP contribution in [-0.4, -0.2) is 27.3 Å². The molecule has 8 heteroatoms. The van der Waals surface area contributed by atoms with Crippen LogP contribution in [0, 0.1) is 0 Å². The van der Waals surface area contributed by atoms with Crippen LogP contribution in [0.5, 0.6) is 0 Å². The molecule has 0 aliphatic heterocycles. The SMILES string of the molecule is O=C(CSc1nc2cc(C(F)(F)F)ccc2n1Cc1ccccc1)NC1CCCCCCC1. The molecule has 4 rings (SSSR count). The van der Waals surface area contributed by atoms with Crippen LogP contribution >= 0.6 is 11.8 Å². The van der Waals surface area contributed by atoms with Gasteiger partial charge in [-0.15, -0.1) is 0 Å². The van der Waals surface area contributed by atoms with Gasteiger partial charge in [0.1, 0.15) is 0 Å². The lowest BCUT2D eigenvalue weighted by Crippen LogP contribution is -2.36. The minimum absolute atomic E-state index is 0.0557. The minimum atomic E-state index is -4.43. The minimum Gasteiger partial charge on any atom is -0.353 e. The molecular formula is C25H28F3N3OS. The van der Waals surface area contributed by atoms with Crippen LogP contribution in [0.2, 0.25) is 0 Å². The number of hydrogen-bond donors (Lipinski definition) is 1. The number of carbonyl (C=O) groups is 1. The van der Waals surface area contributed by atoms with Gasteiger partial charge in [0.15, 0.2) is 5.16 Å². The lowest BCUT2D eigenvalue weighted by atomic mass is 9.97. The summed E-state index contributed by atoms with van der Waals surface area (Å²) in [4.78, 5) is 17.1. The van der Waals surface area contributed by atoms with Gasteiger partial charge in [-0.3, -0.25) is 4.79 Å². The number of aromatic nitrogens is 2. The van der Waals surface area contributed by atoms with Gasteiger partial charge in [0.05, 0.1) is 28.9 Å². The van der Waals surface area contributed by atoms with Gasteiger partial charge < -0.3 is 9.88 Å². The lowest BCUT2D eigenvalue weighted by molar-refractivity contribution is -0.137. The van der Waals surface area contributed by atoms with E-state index in [1.165, 1.54) is 37.1 Å². The molecule has 4 nitrogen and oxygen atoms in total. The molecule has 0 unspecified atom stereocenters. The molecule has 1 aromatic heterocycles. The summed E-state index contributed by atoms with van der Waals surface area (Å²) >= 11 is 1.27. The fourth-order valence-electron chi connectivity index (χ4n) is 4.31. The monoisotopic (exact) mass is 475 g/mol. The van der Waals surface area contributed by atoms with Gasteiger partial charge in [0.25, 0.3) is 0 Å². The predicted molar refractivity (Wildman–Crippen MR) is 125 cm³/mol. The van der Waals surface area contributed by atoms with Crippen molar-refractivity contribution in [2.24, 2.45) is 0 Å². The summed E-state index contributed by atoms with van der Waals surface area (Å²) in [5.41, 5.74) is 1.19. The molecule has 1 heterocycles. The van der Waals surface area contributed by atoms with E-state index in [1.807, 2.05) is 34.9 Å². The van der Waals surface area contributed by atoms with E-state index >= 15 is 0 Å². The second kappa shape index (κ2) is 10.6. The van der Waals surface area contributed by atoms with Gasteiger partial charge in [-0.25, -0.2) is 4.98 Å². The predicted octanol–water partition coefficient (Wildman–Crippen LogP) is 6.42. The van der Waals surface area contributed by atoms with Gasteiger partial charge in [-0.2, -0.15) is 13.2 Å². The normalized spacial score (nSPS) is 15.8. The van der Waals surface area contributed by atoms with E-state index in [-0.39, 0.29) is 23.2 Å². The molecule has 1 saturated carbocycles. The van der Waals surface area contributed by atoms with Crippen molar-refractivity contribution < 1.29 is 18.0 Å². The number of nitrogens with zero attached hydrogens (tertiary/aromatic N) is 2. The molecule has 3 aromatic rings. The van der Waals surface area contributed by atoms with Gasteiger partial charge in [-0.05, 0) is 36.6 Å². The molecule has 1 aliphatic rings. The van der Waals surface area contributed by atoms with Crippen molar-refractivity contribution in [1.29, 1.82) is 0 Å².